The third-order valence-electron chi connectivity index (χ3n) is 3.60. The Morgan fingerprint density at radius 1 is 1.35 bits per heavy atom. The van der Waals surface area contributed by atoms with E-state index in [0.29, 0.717) is 22.3 Å². The number of carbonyl (C=O) groups is 1. The molecule has 0 saturated heterocycles. The lowest BCUT2D eigenvalue weighted by molar-refractivity contribution is 0.111. The van der Waals surface area contributed by atoms with E-state index >= 15 is 0 Å². The Hall–Kier alpha value is -1.58. The van der Waals surface area contributed by atoms with Crippen LogP contribution in [0.5, 0.6) is 0 Å². The highest BCUT2D eigenvalue weighted by atomic mass is 16.5. The smallest absolute Gasteiger partial charge is 0.293 e. The average molecular weight is 235 g/mol. The first-order valence-corrected chi connectivity index (χ1v) is 6.06. The Morgan fingerprint density at radius 2 is 2.00 bits per heavy atom. The van der Waals surface area contributed by atoms with Crippen molar-refractivity contribution >= 4 is 6.29 Å². The monoisotopic (exact) mass is 235 g/mol. The van der Waals surface area contributed by atoms with E-state index in [4.69, 9.17) is 0 Å². The second kappa shape index (κ2) is 4.73. The van der Waals surface area contributed by atoms with Gasteiger partial charge >= 0.3 is 0 Å². The summed E-state index contributed by atoms with van der Waals surface area (Å²) in [5.74, 6) is 0.237. The number of aromatic nitrogens is 1. The van der Waals surface area contributed by atoms with Crippen LogP contribution >= 0.6 is 0 Å². The predicted octanol–water partition coefficient (Wildman–Crippen LogP) is 2.25. The molecule has 0 amide bonds. The summed E-state index contributed by atoms with van der Waals surface area (Å²) in [5.41, 5.74) is 0.751. The van der Waals surface area contributed by atoms with Gasteiger partial charge in [-0.05, 0) is 31.4 Å². The fourth-order valence-corrected chi connectivity index (χ4v) is 2.59. The summed E-state index contributed by atoms with van der Waals surface area (Å²) in [4.78, 5) is 22.5. The summed E-state index contributed by atoms with van der Waals surface area (Å²) >= 11 is 0. The molecular weight excluding hydrogens is 218 g/mol. The molecule has 1 N–H and O–H groups in total. The molecule has 4 nitrogen and oxygen atoms in total. The Balaban J connectivity index is 2.48. The van der Waals surface area contributed by atoms with Crippen molar-refractivity contribution in [2.45, 2.75) is 44.9 Å². The molecule has 0 atom stereocenters. The highest BCUT2D eigenvalue weighted by Crippen LogP contribution is 2.32. The van der Waals surface area contributed by atoms with E-state index in [1.807, 2.05) is 0 Å². The fourth-order valence-electron chi connectivity index (χ4n) is 2.59. The second-order valence-corrected chi connectivity index (χ2v) is 4.74. The zero-order valence-electron chi connectivity index (χ0n) is 9.98. The molecule has 1 heterocycles. The lowest BCUT2D eigenvalue weighted by Crippen LogP contribution is -2.27. The minimum absolute atomic E-state index is 0.0482. The van der Waals surface area contributed by atoms with Crippen LogP contribution in [-0.4, -0.2) is 16.2 Å². The summed E-state index contributed by atoms with van der Waals surface area (Å²) in [6, 6.07) is 1.76. The van der Waals surface area contributed by atoms with Crippen molar-refractivity contribution in [3.63, 3.8) is 0 Å². The minimum atomic E-state index is -0.597. The zero-order chi connectivity index (χ0) is 12.4. The number of aldehydes is 1. The molecule has 0 aliphatic heterocycles. The molecule has 0 bridgehead atoms. The Morgan fingerprint density at radius 3 is 2.59 bits per heavy atom. The van der Waals surface area contributed by atoms with Crippen LogP contribution in [0.2, 0.25) is 0 Å². The van der Waals surface area contributed by atoms with Gasteiger partial charge in [0.2, 0.25) is 0 Å². The van der Waals surface area contributed by atoms with Crippen LogP contribution in [0.3, 0.4) is 0 Å². The molecule has 1 saturated carbocycles. The van der Waals surface area contributed by atoms with Crippen molar-refractivity contribution in [1.29, 1.82) is 0 Å². The number of nitrogens with zero attached hydrogens (tertiary/aromatic N) is 1. The molecule has 4 heteroatoms. The number of hydrogen-bond donors (Lipinski definition) is 1. The first-order valence-electron chi connectivity index (χ1n) is 6.06. The molecule has 0 aromatic carbocycles. The second-order valence-electron chi connectivity index (χ2n) is 4.74. The lowest BCUT2D eigenvalue weighted by atomic mass is 9.86. The van der Waals surface area contributed by atoms with Gasteiger partial charge in [-0.15, -0.1) is 0 Å². The molecule has 1 aliphatic rings. The van der Waals surface area contributed by atoms with Crippen molar-refractivity contribution in [2.24, 2.45) is 0 Å². The topological polar surface area (TPSA) is 59.3 Å². The van der Waals surface area contributed by atoms with Crippen LogP contribution in [0.15, 0.2) is 10.9 Å². The van der Waals surface area contributed by atoms with E-state index in [-0.39, 0.29) is 11.5 Å². The van der Waals surface area contributed by atoms with Gasteiger partial charge in [0.1, 0.15) is 0 Å². The van der Waals surface area contributed by atoms with Gasteiger partial charge in [-0.2, -0.15) is 4.73 Å². The Labute approximate surface area is 99.8 Å². The molecule has 17 heavy (non-hydrogen) atoms. The average Bonchev–Trinajstić information content (AvgIpc) is 2.35. The summed E-state index contributed by atoms with van der Waals surface area (Å²) in [5, 5.41) is 9.83. The Bertz CT molecular complexity index is 484. The van der Waals surface area contributed by atoms with Crippen molar-refractivity contribution in [3.8, 4) is 0 Å². The quantitative estimate of drug-likeness (QED) is 0.631. The third kappa shape index (κ3) is 2.12. The van der Waals surface area contributed by atoms with Gasteiger partial charge in [0.05, 0.1) is 11.3 Å². The highest BCUT2D eigenvalue weighted by molar-refractivity contribution is 5.76. The number of rotatable bonds is 2. The van der Waals surface area contributed by atoms with Gasteiger partial charge in [0.25, 0.3) is 5.56 Å². The summed E-state index contributed by atoms with van der Waals surface area (Å²) in [7, 11) is 0. The molecule has 1 aromatic rings. The normalized spacial score (nSPS) is 17.0. The molecule has 2 rings (SSSR count). The van der Waals surface area contributed by atoms with Gasteiger partial charge < -0.3 is 5.21 Å². The SMILES string of the molecule is Cc1cc(C2CCCCC2)n(O)c(=O)c1C=O. The van der Waals surface area contributed by atoms with Gasteiger partial charge in [0, 0.05) is 5.92 Å². The molecule has 0 spiro atoms. The molecular formula is C13H17NO3. The van der Waals surface area contributed by atoms with Gasteiger partial charge in [0.15, 0.2) is 6.29 Å². The minimum Gasteiger partial charge on any atom is -0.425 e. The largest absolute Gasteiger partial charge is 0.425 e. The number of hydrogen-bond acceptors (Lipinski definition) is 3. The van der Waals surface area contributed by atoms with Crippen molar-refractivity contribution in [1.82, 2.24) is 4.73 Å². The molecule has 1 aliphatic carbocycles. The maximum absolute atomic E-state index is 11.8. The van der Waals surface area contributed by atoms with Crippen LogP contribution in [0.1, 0.15) is 59.6 Å². The van der Waals surface area contributed by atoms with Crippen LogP contribution in [0.25, 0.3) is 0 Å². The molecule has 0 radical (unpaired) electrons. The van der Waals surface area contributed by atoms with Gasteiger partial charge in [-0.1, -0.05) is 19.3 Å². The lowest BCUT2D eigenvalue weighted by Gasteiger charge is -2.23. The van der Waals surface area contributed by atoms with Crippen molar-refractivity contribution < 1.29 is 10.0 Å². The number of carbonyl (C=O) groups excluding carboxylic acids is 1. The van der Waals surface area contributed by atoms with Gasteiger partial charge in [-0.25, -0.2) is 0 Å². The van der Waals surface area contributed by atoms with E-state index in [2.05, 4.69) is 0 Å². The number of pyridine rings is 1. The first-order chi connectivity index (χ1) is 8.15. The van der Waals surface area contributed by atoms with Crippen LogP contribution in [0, 0.1) is 6.92 Å². The van der Waals surface area contributed by atoms with Crippen molar-refractivity contribution in [3.05, 3.63) is 33.2 Å². The van der Waals surface area contributed by atoms with E-state index in [9.17, 15) is 14.8 Å². The third-order valence-corrected chi connectivity index (χ3v) is 3.60. The zero-order valence-corrected chi connectivity index (χ0v) is 9.98. The predicted molar refractivity (Wildman–Crippen MR) is 63.8 cm³/mol. The Kier molecular flexibility index (Phi) is 3.31. The summed E-state index contributed by atoms with van der Waals surface area (Å²) < 4.78 is 0.659. The molecule has 1 aromatic heterocycles. The van der Waals surface area contributed by atoms with E-state index in [1.54, 1.807) is 13.0 Å². The fraction of sp³-hybridized carbons (Fsp3) is 0.538. The standard InChI is InChI=1S/C13H17NO3/c1-9-7-12(10-5-3-2-4-6-10)14(17)13(16)11(9)8-15/h7-8,10,17H,2-6H2,1H3. The molecule has 1 fully saturated rings. The van der Waals surface area contributed by atoms with E-state index < -0.39 is 5.56 Å². The highest BCUT2D eigenvalue weighted by Gasteiger charge is 2.21. The molecule has 92 valence electrons. The van der Waals surface area contributed by atoms with Crippen LogP contribution < -0.4 is 5.56 Å². The first kappa shape index (κ1) is 11.9. The number of aryl methyl sites for hydroxylation is 1. The van der Waals surface area contributed by atoms with Crippen LogP contribution in [0.4, 0.5) is 0 Å². The maximum Gasteiger partial charge on any atom is 0.293 e. The van der Waals surface area contributed by atoms with E-state index in [0.717, 1.165) is 25.7 Å². The van der Waals surface area contributed by atoms with Crippen molar-refractivity contribution in [2.75, 3.05) is 0 Å². The van der Waals surface area contributed by atoms with Gasteiger partial charge in [-0.3, -0.25) is 9.59 Å². The summed E-state index contributed by atoms with van der Waals surface area (Å²) in [6.45, 7) is 1.73. The van der Waals surface area contributed by atoms with Crippen LogP contribution in [-0.2, 0) is 0 Å². The molecule has 0 unspecified atom stereocenters. The summed E-state index contributed by atoms with van der Waals surface area (Å²) in [6.07, 6.45) is 5.99. The van der Waals surface area contributed by atoms with E-state index in [1.165, 1.54) is 6.42 Å². The maximum atomic E-state index is 11.8.